The van der Waals surface area contributed by atoms with Gasteiger partial charge in [0, 0.05) is 21.2 Å². The molecule has 0 radical (unpaired) electrons. The Morgan fingerprint density at radius 2 is 1.89 bits per heavy atom. The van der Waals surface area contributed by atoms with E-state index in [0.29, 0.717) is 49.3 Å². The zero-order chi connectivity index (χ0) is 20.3. The Morgan fingerprint density at radius 3 is 2.50 bits per heavy atom. The maximum absolute atomic E-state index is 11.8. The number of benzene rings is 2. The molecule has 2 aromatic carbocycles. The summed E-state index contributed by atoms with van der Waals surface area (Å²) < 4.78 is 12.3. The Kier molecular flexibility index (Phi) is 6.65. The van der Waals surface area contributed by atoms with Crippen LogP contribution in [0.25, 0.3) is 6.08 Å². The van der Waals surface area contributed by atoms with E-state index in [9.17, 15) is 9.59 Å². The van der Waals surface area contributed by atoms with Crippen molar-refractivity contribution >= 4 is 57.0 Å². The molecule has 1 fully saturated rings. The smallest absolute Gasteiger partial charge is 0.254 e. The molecule has 5 nitrogen and oxygen atoms in total. The lowest BCUT2D eigenvalue weighted by Crippen LogP contribution is -2.19. The van der Waals surface area contributed by atoms with Crippen LogP contribution in [-0.2, 0) is 16.2 Å². The van der Waals surface area contributed by atoms with E-state index in [1.807, 2.05) is 6.92 Å². The lowest BCUT2D eigenvalue weighted by Gasteiger charge is -2.16. The van der Waals surface area contributed by atoms with Gasteiger partial charge in [0.2, 0.25) is 5.91 Å². The molecule has 146 valence electrons. The maximum Gasteiger partial charge on any atom is 0.254 e. The molecule has 0 aliphatic carbocycles. The van der Waals surface area contributed by atoms with Crippen LogP contribution in [0.3, 0.4) is 0 Å². The van der Waals surface area contributed by atoms with Crippen LogP contribution in [0, 0.1) is 0 Å². The molecular weight excluding hydrogens is 469 g/mol. The molecule has 0 spiro atoms. The first-order chi connectivity index (χ1) is 13.4. The number of rotatable bonds is 6. The minimum Gasteiger partial charge on any atom is -0.489 e. The Labute approximate surface area is 180 Å². The minimum atomic E-state index is -0.389. The van der Waals surface area contributed by atoms with Gasteiger partial charge < -0.3 is 9.47 Å². The molecule has 0 atom stereocenters. The van der Waals surface area contributed by atoms with Crippen molar-refractivity contribution in [2.45, 2.75) is 20.0 Å². The third-order valence-electron chi connectivity index (χ3n) is 3.99. The van der Waals surface area contributed by atoms with Crippen molar-refractivity contribution in [1.29, 1.82) is 0 Å². The maximum atomic E-state index is 11.8. The molecule has 0 aromatic heterocycles. The van der Waals surface area contributed by atoms with E-state index in [0.717, 1.165) is 0 Å². The second-order valence-corrected chi connectivity index (χ2v) is 7.64. The molecule has 3 rings (SSSR count). The largest absolute Gasteiger partial charge is 0.489 e. The van der Waals surface area contributed by atoms with Crippen LogP contribution < -0.4 is 14.8 Å². The summed E-state index contributed by atoms with van der Waals surface area (Å²) in [5, 5.41) is 3.27. The monoisotopic (exact) mass is 483 g/mol. The molecular formula is C20H16BrCl2NO4. The molecule has 1 N–H and O–H groups in total. The molecule has 1 heterocycles. The van der Waals surface area contributed by atoms with Gasteiger partial charge in [0.1, 0.15) is 6.61 Å². The number of carbonyl (C=O) groups excluding carboxylic acids is 2. The van der Waals surface area contributed by atoms with Gasteiger partial charge in [-0.25, -0.2) is 0 Å². The number of amides is 2. The van der Waals surface area contributed by atoms with Gasteiger partial charge in [-0.3, -0.25) is 14.9 Å². The van der Waals surface area contributed by atoms with Gasteiger partial charge in [0.15, 0.2) is 11.5 Å². The zero-order valence-electron chi connectivity index (χ0n) is 14.9. The van der Waals surface area contributed by atoms with Gasteiger partial charge in [0.05, 0.1) is 17.5 Å². The van der Waals surface area contributed by atoms with Gasteiger partial charge >= 0.3 is 0 Å². The number of carbonyl (C=O) groups is 2. The number of ether oxygens (including phenoxy) is 2. The van der Waals surface area contributed by atoms with Crippen LogP contribution in [0.1, 0.15) is 24.5 Å². The summed E-state index contributed by atoms with van der Waals surface area (Å²) in [7, 11) is 0. The topological polar surface area (TPSA) is 64.6 Å². The molecule has 8 heteroatoms. The van der Waals surface area contributed by atoms with Crippen molar-refractivity contribution in [1.82, 2.24) is 5.32 Å². The van der Waals surface area contributed by atoms with E-state index < -0.39 is 0 Å². The average Bonchev–Trinajstić information content (AvgIpc) is 2.94. The van der Waals surface area contributed by atoms with Crippen molar-refractivity contribution < 1.29 is 19.1 Å². The third kappa shape index (κ3) is 4.69. The molecule has 0 unspecified atom stereocenters. The third-order valence-corrected chi connectivity index (χ3v) is 5.29. The molecule has 1 aliphatic rings. The minimum absolute atomic E-state index is 0.0507. The lowest BCUT2D eigenvalue weighted by atomic mass is 10.1. The summed E-state index contributed by atoms with van der Waals surface area (Å²) in [5.41, 5.74) is 1.74. The molecule has 1 saturated heterocycles. The van der Waals surface area contributed by atoms with Crippen LogP contribution in [0.2, 0.25) is 10.0 Å². The summed E-state index contributed by atoms with van der Waals surface area (Å²) in [6, 6.07) is 8.77. The van der Waals surface area contributed by atoms with Crippen molar-refractivity contribution in [2.24, 2.45) is 0 Å². The number of hydrogen-bond acceptors (Lipinski definition) is 4. The molecule has 28 heavy (non-hydrogen) atoms. The van der Waals surface area contributed by atoms with Gasteiger partial charge in [0.25, 0.3) is 5.91 Å². The summed E-state index contributed by atoms with van der Waals surface area (Å²) >= 11 is 15.9. The molecule has 0 bridgehead atoms. The van der Waals surface area contributed by atoms with Gasteiger partial charge in [-0.2, -0.15) is 0 Å². The van der Waals surface area contributed by atoms with E-state index >= 15 is 0 Å². The van der Waals surface area contributed by atoms with Crippen LogP contribution in [0.15, 0.2) is 40.4 Å². The second kappa shape index (κ2) is 8.99. The standard InChI is InChI=1S/C20H16BrCl2NO4/c1-2-27-19-14(21)7-11(6-12-9-18(25)24-20(12)26)8-17(19)28-10-13-15(22)4-3-5-16(13)23/h3-8H,2,9-10H2,1H3,(H,24,25,26). The van der Waals surface area contributed by atoms with E-state index in [1.165, 1.54) is 0 Å². The highest BCUT2D eigenvalue weighted by molar-refractivity contribution is 9.10. The van der Waals surface area contributed by atoms with Crippen molar-refractivity contribution in [3.05, 3.63) is 61.5 Å². The highest BCUT2D eigenvalue weighted by atomic mass is 79.9. The normalized spacial score (nSPS) is 15.1. The summed E-state index contributed by atoms with van der Waals surface area (Å²) in [6.07, 6.45) is 1.70. The Balaban J connectivity index is 1.94. The number of nitrogens with one attached hydrogen (secondary N) is 1. The van der Waals surface area contributed by atoms with E-state index in [-0.39, 0.29) is 24.8 Å². The predicted molar refractivity (Wildman–Crippen MR) is 112 cm³/mol. The van der Waals surface area contributed by atoms with Crippen molar-refractivity contribution in [3.8, 4) is 11.5 Å². The Hall–Kier alpha value is -2.02. The van der Waals surface area contributed by atoms with Crippen LogP contribution in [-0.4, -0.2) is 18.4 Å². The fourth-order valence-corrected chi connectivity index (χ4v) is 3.79. The first kappa shape index (κ1) is 20.7. The highest BCUT2D eigenvalue weighted by Gasteiger charge is 2.24. The molecule has 2 aromatic rings. The predicted octanol–water partition coefficient (Wildman–Crippen LogP) is 5.16. The Morgan fingerprint density at radius 1 is 1.18 bits per heavy atom. The first-order valence-electron chi connectivity index (χ1n) is 8.45. The fourth-order valence-electron chi connectivity index (χ4n) is 2.71. The number of hydrogen-bond donors (Lipinski definition) is 1. The highest BCUT2D eigenvalue weighted by Crippen LogP contribution is 2.39. The fraction of sp³-hybridized carbons (Fsp3) is 0.200. The number of imide groups is 1. The molecule has 2 amide bonds. The van der Waals surface area contributed by atoms with Crippen LogP contribution in [0.5, 0.6) is 11.5 Å². The SMILES string of the molecule is CCOc1c(Br)cc(C=C2CC(=O)NC2=O)cc1OCc1c(Cl)cccc1Cl. The van der Waals surface area contributed by atoms with Crippen molar-refractivity contribution in [2.75, 3.05) is 6.61 Å². The van der Waals surface area contributed by atoms with Crippen LogP contribution in [0.4, 0.5) is 0 Å². The second-order valence-electron chi connectivity index (χ2n) is 5.98. The average molecular weight is 485 g/mol. The zero-order valence-corrected chi connectivity index (χ0v) is 18.0. The Bertz CT molecular complexity index is 955. The van der Waals surface area contributed by atoms with Gasteiger partial charge in [-0.15, -0.1) is 0 Å². The molecule has 1 aliphatic heterocycles. The lowest BCUT2D eigenvalue weighted by molar-refractivity contribution is -0.124. The van der Waals surface area contributed by atoms with Crippen LogP contribution >= 0.6 is 39.1 Å². The molecule has 0 saturated carbocycles. The van der Waals surface area contributed by atoms with Gasteiger partial charge in [-0.1, -0.05) is 29.3 Å². The van der Waals surface area contributed by atoms with Gasteiger partial charge in [-0.05, 0) is 58.8 Å². The summed E-state index contributed by atoms with van der Waals surface area (Å²) in [6.45, 7) is 2.45. The summed E-state index contributed by atoms with van der Waals surface area (Å²) in [5.74, 6) is 0.287. The first-order valence-corrected chi connectivity index (χ1v) is 10.0. The van der Waals surface area contributed by atoms with E-state index in [2.05, 4.69) is 21.2 Å². The summed E-state index contributed by atoms with van der Waals surface area (Å²) in [4.78, 5) is 23.2. The van der Waals surface area contributed by atoms with Crippen molar-refractivity contribution in [3.63, 3.8) is 0 Å². The van der Waals surface area contributed by atoms with E-state index in [1.54, 1.807) is 36.4 Å². The number of halogens is 3. The van der Waals surface area contributed by atoms with E-state index in [4.69, 9.17) is 32.7 Å². The quantitative estimate of drug-likeness (QED) is 0.454.